The number of nitrogens with zero attached hydrogens (tertiary/aromatic N) is 2. The van der Waals surface area contributed by atoms with Crippen molar-refractivity contribution in [2.45, 2.75) is 45.4 Å². The van der Waals surface area contributed by atoms with Crippen LogP contribution < -0.4 is 20.1 Å². The number of rotatable bonds is 5. The van der Waals surface area contributed by atoms with E-state index in [0.29, 0.717) is 19.0 Å². The van der Waals surface area contributed by atoms with Crippen molar-refractivity contribution in [2.75, 3.05) is 13.7 Å². The molecule has 0 bridgehead atoms. The number of aromatic nitrogens is 1. The minimum atomic E-state index is -0.240. The summed E-state index contributed by atoms with van der Waals surface area (Å²) in [6.07, 6.45) is 2.59. The largest absolute Gasteiger partial charge is 0.487 e. The number of hydrogen-bond acceptors (Lipinski definition) is 4. The fourth-order valence-electron chi connectivity index (χ4n) is 3.29. The van der Waals surface area contributed by atoms with Crippen molar-refractivity contribution in [1.82, 2.24) is 15.6 Å². The van der Waals surface area contributed by atoms with E-state index in [9.17, 15) is 0 Å². The Morgan fingerprint density at radius 2 is 2.07 bits per heavy atom. The van der Waals surface area contributed by atoms with Gasteiger partial charge < -0.3 is 20.1 Å². The smallest absolute Gasteiger partial charge is 0.218 e. The topological polar surface area (TPSA) is 67.8 Å². The maximum atomic E-state index is 6.11. The van der Waals surface area contributed by atoms with Crippen LogP contribution in [0.2, 0.25) is 0 Å². The molecule has 1 unspecified atom stereocenters. The van der Waals surface area contributed by atoms with Crippen LogP contribution in [0, 0.1) is 0 Å². The van der Waals surface area contributed by atoms with E-state index in [0.717, 1.165) is 29.3 Å². The fraction of sp³-hybridized carbons (Fsp3) is 0.429. The molecule has 2 heterocycles. The molecule has 3 rings (SSSR count). The van der Waals surface area contributed by atoms with Crippen molar-refractivity contribution in [1.29, 1.82) is 0 Å². The van der Waals surface area contributed by atoms with Gasteiger partial charge in [-0.3, -0.25) is 4.99 Å². The molecule has 1 aliphatic heterocycles. The van der Waals surface area contributed by atoms with E-state index in [1.165, 1.54) is 0 Å². The summed E-state index contributed by atoms with van der Waals surface area (Å²) in [4.78, 5) is 8.68. The Kier molecular flexibility index (Phi) is 7.91. The fourth-order valence-corrected chi connectivity index (χ4v) is 3.29. The molecule has 152 valence electrons. The zero-order valence-corrected chi connectivity index (χ0v) is 19.2. The molecule has 0 amide bonds. The van der Waals surface area contributed by atoms with Crippen molar-refractivity contribution in [2.24, 2.45) is 4.99 Å². The summed E-state index contributed by atoms with van der Waals surface area (Å²) < 4.78 is 11.7. The van der Waals surface area contributed by atoms with E-state index in [-0.39, 0.29) is 35.6 Å². The lowest BCUT2D eigenvalue weighted by atomic mass is 9.90. The van der Waals surface area contributed by atoms with Crippen LogP contribution in [-0.2, 0) is 6.54 Å². The molecule has 0 fully saturated rings. The third-order valence-electron chi connectivity index (χ3n) is 4.49. The molecule has 0 radical (unpaired) electrons. The SMILES string of the molecule is CCOc1ncccc1CNC(=NC)NC1CC(C)(C)Oc2ccccc21.I. The summed E-state index contributed by atoms with van der Waals surface area (Å²) in [5, 5.41) is 6.90. The van der Waals surface area contributed by atoms with Crippen LogP contribution in [0.25, 0.3) is 0 Å². The molecule has 6 nitrogen and oxygen atoms in total. The lowest BCUT2D eigenvalue weighted by molar-refractivity contribution is 0.0694. The van der Waals surface area contributed by atoms with Gasteiger partial charge in [-0.05, 0) is 32.9 Å². The van der Waals surface area contributed by atoms with Gasteiger partial charge in [0.2, 0.25) is 5.88 Å². The van der Waals surface area contributed by atoms with Gasteiger partial charge in [-0.1, -0.05) is 24.3 Å². The highest BCUT2D eigenvalue weighted by Crippen LogP contribution is 2.39. The number of aliphatic imine (C=N–C) groups is 1. The number of hydrogen-bond donors (Lipinski definition) is 2. The molecule has 1 aliphatic rings. The second-order valence-corrected chi connectivity index (χ2v) is 7.13. The number of fused-ring (bicyclic) bond motifs is 1. The molecular weight excluding hydrogens is 467 g/mol. The van der Waals surface area contributed by atoms with Gasteiger partial charge in [-0.25, -0.2) is 4.98 Å². The van der Waals surface area contributed by atoms with Gasteiger partial charge in [0.15, 0.2) is 5.96 Å². The van der Waals surface area contributed by atoms with Gasteiger partial charge in [0.1, 0.15) is 11.4 Å². The highest BCUT2D eigenvalue weighted by Gasteiger charge is 2.33. The third-order valence-corrected chi connectivity index (χ3v) is 4.49. The molecule has 2 N–H and O–H groups in total. The van der Waals surface area contributed by atoms with E-state index >= 15 is 0 Å². The molecule has 1 atom stereocenters. The first kappa shape index (κ1) is 22.3. The Morgan fingerprint density at radius 3 is 2.82 bits per heavy atom. The minimum Gasteiger partial charge on any atom is -0.487 e. The summed E-state index contributed by atoms with van der Waals surface area (Å²) in [5.41, 5.74) is 1.90. The molecule has 28 heavy (non-hydrogen) atoms. The van der Waals surface area contributed by atoms with Crippen LogP contribution in [0.15, 0.2) is 47.6 Å². The number of halogens is 1. The Labute approximate surface area is 184 Å². The molecule has 2 aromatic rings. The first-order valence-electron chi connectivity index (χ1n) is 9.34. The molecular formula is C21H29IN4O2. The molecule has 0 saturated heterocycles. The predicted octanol–water partition coefficient (Wildman–Crippen LogP) is 4.07. The second-order valence-electron chi connectivity index (χ2n) is 7.13. The standard InChI is InChI=1S/C21H28N4O2.HI/c1-5-26-19-15(9-8-12-23-19)14-24-20(22-4)25-17-13-21(2,3)27-18-11-7-6-10-16(17)18;/h6-12,17H,5,13-14H2,1-4H3,(H2,22,24,25);1H. The highest BCUT2D eigenvalue weighted by atomic mass is 127. The van der Waals surface area contributed by atoms with E-state index in [4.69, 9.17) is 9.47 Å². The average Bonchev–Trinajstić information content (AvgIpc) is 2.65. The molecule has 7 heteroatoms. The third kappa shape index (κ3) is 5.50. The van der Waals surface area contributed by atoms with Crippen molar-refractivity contribution >= 4 is 29.9 Å². The van der Waals surface area contributed by atoms with Crippen LogP contribution in [0.3, 0.4) is 0 Å². The molecule has 0 aliphatic carbocycles. The first-order valence-corrected chi connectivity index (χ1v) is 9.34. The van der Waals surface area contributed by atoms with Crippen LogP contribution in [-0.4, -0.2) is 30.2 Å². The summed E-state index contributed by atoms with van der Waals surface area (Å²) >= 11 is 0. The van der Waals surface area contributed by atoms with E-state index < -0.39 is 0 Å². The Hall–Kier alpha value is -2.03. The maximum Gasteiger partial charge on any atom is 0.218 e. The quantitative estimate of drug-likeness (QED) is 0.371. The molecule has 0 saturated carbocycles. The summed E-state index contributed by atoms with van der Waals surface area (Å²) in [6.45, 7) is 7.34. The Bertz CT molecular complexity index is 810. The molecule has 1 aromatic carbocycles. The van der Waals surface area contributed by atoms with Crippen LogP contribution >= 0.6 is 24.0 Å². The number of benzene rings is 1. The lowest BCUT2D eigenvalue weighted by Crippen LogP contribution is -2.45. The summed E-state index contributed by atoms with van der Waals surface area (Å²) in [5.74, 6) is 2.31. The zero-order chi connectivity index (χ0) is 19.3. The number of nitrogens with one attached hydrogen (secondary N) is 2. The lowest BCUT2D eigenvalue weighted by Gasteiger charge is -2.38. The van der Waals surface area contributed by atoms with Crippen molar-refractivity contribution < 1.29 is 9.47 Å². The zero-order valence-electron chi connectivity index (χ0n) is 16.9. The normalized spacial score (nSPS) is 17.6. The van der Waals surface area contributed by atoms with Crippen LogP contribution in [0.5, 0.6) is 11.6 Å². The van der Waals surface area contributed by atoms with Gasteiger partial charge in [0.25, 0.3) is 0 Å². The van der Waals surface area contributed by atoms with Crippen LogP contribution in [0.4, 0.5) is 0 Å². The van der Waals surface area contributed by atoms with Gasteiger partial charge in [-0.15, -0.1) is 24.0 Å². The maximum absolute atomic E-state index is 6.11. The van der Waals surface area contributed by atoms with Gasteiger partial charge in [-0.2, -0.15) is 0 Å². The molecule has 1 aromatic heterocycles. The summed E-state index contributed by atoms with van der Waals surface area (Å²) in [7, 11) is 1.78. The van der Waals surface area contributed by atoms with Crippen LogP contribution in [0.1, 0.15) is 44.4 Å². The van der Waals surface area contributed by atoms with Crippen molar-refractivity contribution in [3.05, 3.63) is 53.7 Å². The first-order chi connectivity index (χ1) is 13.0. The average molecular weight is 496 g/mol. The van der Waals surface area contributed by atoms with E-state index in [2.05, 4.69) is 40.5 Å². The van der Waals surface area contributed by atoms with Gasteiger partial charge >= 0.3 is 0 Å². The monoisotopic (exact) mass is 496 g/mol. The van der Waals surface area contributed by atoms with Gasteiger partial charge in [0, 0.05) is 37.3 Å². The number of ether oxygens (including phenoxy) is 2. The Balaban J connectivity index is 0.00000280. The molecule has 0 spiro atoms. The number of guanidine groups is 1. The van der Waals surface area contributed by atoms with E-state index in [1.54, 1.807) is 13.2 Å². The predicted molar refractivity (Wildman–Crippen MR) is 123 cm³/mol. The number of para-hydroxylation sites is 1. The number of pyridine rings is 1. The van der Waals surface area contributed by atoms with Crippen molar-refractivity contribution in [3.8, 4) is 11.6 Å². The van der Waals surface area contributed by atoms with E-state index in [1.807, 2.05) is 37.3 Å². The summed E-state index contributed by atoms with van der Waals surface area (Å²) in [6, 6.07) is 12.2. The highest BCUT2D eigenvalue weighted by molar-refractivity contribution is 14.0. The van der Waals surface area contributed by atoms with Gasteiger partial charge in [0.05, 0.1) is 12.6 Å². The van der Waals surface area contributed by atoms with Crippen molar-refractivity contribution in [3.63, 3.8) is 0 Å². The minimum absolute atomic E-state index is 0. The Morgan fingerprint density at radius 1 is 1.29 bits per heavy atom. The second kappa shape index (κ2) is 9.95.